The monoisotopic (exact) mass is 289 g/mol. The molecular formula is C13H15N5OS. The van der Waals surface area contributed by atoms with Crippen LogP contribution in [0, 0.1) is 0 Å². The van der Waals surface area contributed by atoms with Crippen molar-refractivity contribution in [2.75, 3.05) is 5.32 Å². The maximum atomic E-state index is 12.0. The molecular weight excluding hydrogens is 274 g/mol. The molecule has 3 heterocycles. The van der Waals surface area contributed by atoms with Gasteiger partial charge in [0, 0.05) is 10.9 Å². The van der Waals surface area contributed by atoms with E-state index < -0.39 is 0 Å². The molecule has 7 heteroatoms. The van der Waals surface area contributed by atoms with Crippen LogP contribution in [-0.4, -0.2) is 19.6 Å². The standard InChI is InChI=1S/C13H15N5OS/c1-8(2)10-6-11(19)18-13(15-10)16-12(17-18)14-7-9-4-3-5-20-9/h3-6,8H,7H2,1-2H3,(H2,14,15,16,17). The number of aromatic nitrogens is 4. The molecule has 3 aromatic heterocycles. The lowest BCUT2D eigenvalue weighted by Crippen LogP contribution is -2.16. The van der Waals surface area contributed by atoms with Crippen molar-refractivity contribution in [2.24, 2.45) is 0 Å². The molecule has 0 saturated heterocycles. The van der Waals surface area contributed by atoms with Gasteiger partial charge in [0.25, 0.3) is 11.3 Å². The molecule has 0 fully saturated rings. The summed E-state index contributed by atoms with van der Waals surface area (Å²) in [6.07, 6.45) is 0. The van der Waals surface area contributed by atoms with Gasteiger partial charge in [-0.3, -0.25) is 9.89 Å². The average Bonchev–Trinajstić information content (AvgIpc) is 3.05. The fourth-order valence-corrected chi connectivity index (χ4v) is 2.50. The number of nitrogens with zero attached hydrogens (tertiary/aromatic N) is 3. The van der Waals surface area contributed by atoms with Crippen molar-refractivity contribution in [1.82, 2.24) is 19.6 Å². The van der Waals surface area contributed by atoms with Gasteiger partial charge in [0.1, 0.15) is 0 Å². The number of aromatic amines is 1. The van der Waals surface area contributed by atoms with Crippen LogP contribution in [-0.2, 0) is 6.54 Å². The molecule has 0 unspecified atom stereocenters. The predicted octanol–water partition coefficient (Wildman–Crippen LogP) is 2.21. The van der Waals surface area contributed by atoms with Crippen molar-refractivity contribution in [3.63, 3.8) is 0 Å². The molecule has 0 bridgehead atoms. The van der Waals surface area contributed by atoms with E-state index >= 15 is 0 Å². The van der Waals surface area contributed by atoms with Gasteiger partial charge in [-0.05, 0) is 17.4 Å². The minimum absolute atomic E-state index is 0.143. The minimum Gasteiger partial charge on any atom is -0.350 e. The quantitative estimate of drug-likeness (QED) is 0.772. The second-order valence-electron chi connectivity index (χ2n) is 4.81. The van der Waals surface area contributed by atoms with Crippen LogP contribution in [0.5, 0.6) is 0 Å². The van der Waals surface area contributed by atoms with Gasteiger partial charge >= 0.3 is 0 Å². The molecule has 0 aliphatic rings. The fourth-order valence-electron chi connectivity index (χ4n) is 1.86. The molecule has 0 amide bonds. The lowest BCUT2D eigenvalue weighted by Gasteiger charge is -2.01. The predicted molar refractivity (Wildman–Crippen MR) is 79.3 cm³/mol. The van der Waals surface area contributed by atoms with Crippen LogP contribution in [0.2, 0.25) is 0 Å². The molecule has 0 aromatic carbocycles. The van der Waals surface area contributed by atoms with Gasteiger partial charge < -0.3 is 5.32 Å². The molecule has 0 radical (unpaired) electrons. The average molecular weight is 289 g/mol. The van der Waals surface area contributed by atoms with Crippen LogP contribution < -0.4 is 10.9 Å². The summed E-state index contributed by atoms with van der Waals surface area (Å²) >= 11 is 1.67. The Bertz CT molecular complexity index is 772. The highest BCUT2D eigenvalue weighted by atomic mass is 32.1. The van der Waals surface area contributed by atoms with E-state index in [1.54, 1.807) is 17.4 Å². The smallest absolute Gasteiger partial charge is 0.274 e. The van der Waals surface area contributed by atoms with E-state index in [9.17, 15) is 4.79 Å². The zero-order valence-electron chi connectivity index (χ0n) is 11.3. The molecule has 0 saturated carbocycles. The number of hydrogen-bond acceptors (Lipinski definition) is 5. The lowest BCUT2D eigenvalue weighted by molar-refractivity contribution is 0.795. The lowest BCUT2D eigenvalue weighted by atomic mass is 10.1. The first-order chi connectivity index (χ1) is 9.63. The van der Waals surface area contributed by atoms with Crippen LogP contribution in [0.15, 0.2) is 28.4 Å². The van der Waals surface area contributed by atoms with Gasteiger partial charge in [-0.25, -0.2) is 4.98 Å². The molecule has 3 rings (SSSR count). The Balaban J connectivity index is 1.90. The van der Waals surface area contributed by atoms with Crippen molar-refractivity contribution in [1.29, 1.82) is 0 Å². The SMILES string of the molecule is CC(C)c1cc(=O)n2[nH]c(NCc3cccs3)nc2n1. The third kappa shape index (κ3) is 2.44. The Morgan fingerprint density at radius 1 is 1.45 bits per heavy atom. The zero-order valence-corrected chi connectivity index (χ0v) is 12.1. The maximum absolute atomic E-state index is 12.0. The van der Waals surface area contributed by atoms with E-state index in [2.05, 4.69) is 20.4 Å². The molecule has 2 N–H and O–H groups in total. The van der Waals surface area contributed by atoms with Crippen molar-refractivity contribution < 1.29 is 0 Å². The Hall–Kier alpha value is -2.15. The van der Waals surface area contributed by atoms with Crippen molar-refractivity contribution in [3.05, 3.63) is 44.5 Å². The third-order valence-electron chi connectivity index (χ3n) is 2.95. The van der Waals surface area contributed by atoms with Gasteiger partial charge in [-0.2, -0.15) is 9.50 Å². The van der Waals surface area contributed by atoms with Crippen molar-refractivity contribution in [2.45, 2.75) is 26.3 Å². The summed E-state index contributed by atoms with van der Waals surface area (Å²) in [4.78, 5) is 21.9. The van der Waals surface area contributed by atoms with Crippen LogP contribution in [0.4, 0.5) is 5.95 Å². The normalized spacial score (nSPS) is 11.3. The molecule has 104 valence electrons. The van der Waals surface area contributed by atoms with Gasteiger partial charge in [0.05, 0.1) is 12.2 Å². The summed E-state index contributed by atoms with van der Waals surface area (Å²) in [6.45, 7) is 4.67. The van der Waals surface area contributed by atoms with Gasteiger partial charge in [-0.15, -0.1) is 11.3 Å². The Labute approximate surface area is 119 Å². The largest absolute Gasteiger partial charge is 0.350 e. The van der Waals surface area contributed by atoms with Gasteiger partial charge in [-0.1, -0.05) is 19.9 Å². The van der Waals surface area contributed by atoms with E-state index in [-0.39, 0.29) is 11.5 Å². The second kappa shape index (κ2) is 5.09. The molecule has 20 heavy (non-hydrogen) atoms. The van der Waals surface area contributed by atoms with E-state index in [1.807, 2.05) is 31.4 Å². The number of thiophene rings is 1. The number of hydrogen-bond donors (Lipinski definition) is 2. The number of nitrogens with one attached hydrogen (secondary N) is 2. The molecule has 0 atom stereocenters. The topological polar surface area (TPSA) is 75.1 Å². The fraction of sp³-hybridized carbons (Fsp3) is 0.308. The summed E-state index contributed by atoms with van der Waals surface area (Å²) in [5.74, 6) is 1.14. The zero-order chi connectivity index (χ0) is 14.1. The van der Waals surface area contributed by atoms with Gasteiger partial charge in [0.15, 0.2) is 0 Å². The highest BCUT2D eigenvalue weighted by Crippen LogP contribution is 2.12. The summed E-state index contributed by atoms with van der Waals surface area (Å²) in [5.41, 5.74) is 0.613. The maximum Gasteiger partial charge on any atom is 0.274 e. The third-order valence-corrected chi connectivity index (χ3v) is 3.83. The first kappa shape index (κ1) is 12.9. The van der Waals surface area contributed by atoms with E-state index in [0.717, 1.165) is 5.69 Å². The van der Waals surface area contributed by atoms with E-state index in [0.29, 0.717) is 18.3 Å². The minimum atomic E-state index is -0.143. The molecule has 3 aromatic rings. The molecule has 0 aliphatic heterocycles. The first-order valence-electron chi connectivity index (χ1n) is 6.39. The summed E-state index contributed by atoms with van der Waals surface area (Å²) in [5, 5.41) is 8.10. The highest BCUT2D eigenvalue weighted by molar-refractivity contribution is 7.09. The van der Waals surface area contributed by atoms with Crippen molar-refractivity contribution in [3.8, 4) is 0 Å². The van der Waals surface area contributed by atoms with E-state index in [1.165, 1.54) is 9.39 Å². The molecule has 6 nitrogen and oxygen atoms in total. The summed E-state index contributed by atoms with van der Waals surface area (Å²) < 4.78 is 1.35. The number of anilines is 1. The number of rotatable bonds is 4. The van der Waals surface area contributed by atoms with Gasteiger partial charge in [0.2, 0.25) is 5.95 Å². The Morgan fingerprint density at radius 3 is 3.00 bits per heavy atom. The molecule has 0 aliphatic carbocycles. The van der Waals surface area contributed by atoms with Crippen LogP contribution in [0.25, 0.3) is 5.78 Å². The first-order valence-corrected chi connectivity index (χ1v) is 7.27. The molecule has 0 spiro atoms. The highest BCUT2D eigenvalue weighted by Gasteiger charge is 2.09. The number of H-pyrrole nitrogens is 1. The van der Waals surface area contributed by atoms with Crippen LogP contribution >= 0.6 is 11.3 Å². The van der Waals surface area contributed by atoms with E-state index in [4.69, 9.17) is 0 Å². The second-order valence-corrected chi connectivity index (χ2v) is 5.85. The van der Waals surface area contributed by atoms with Crippen molar-refractivity contribution >= 4 is 23.1 Å². The Kier molecular flexibility index (Phi) is 3.27. The summed E-state index contributed by atoms with van der Waals surface area (Å²) in [6, 6.07) is 5.59. The van der Waals surface area contributed by atoms with Crippen LogP contribution in [0.3, 0.4) is 0 Å². The summed E-state index contributed by atoms with van der Waals surface area (Å²) in [7, 11) is 0. The van der Waals surface area contributed by atoms with Crippen LogP contribution in [0.1, 0.15) is 30.3 Å². The Morgan fingerprint density at radius 2 is 2.30 bits per heavy atom. The number of fused-ring (bicyclic) bond motifs is 1.